The van der Waals surface area contributed by atoms with Crippen molar-refractivity contribution in [1.82, 2.24) is 0 Å². The van der Waals surface area contributed by atoms with Crippen molar-refractivity contribution in [2.45, 2.75) is 38.5 Å². The summed E-state index contributed by atoms with van der Waals surface area (Å²) in [6, 6.07) is 18.4. The molecule has 1 spiro atoms. The molecule has 0 nitrogen and oxygen atoms in total. The molecule has 0 bridgehead atoms. The van der Waals surface area contributed by atoms with Crippen molar-refractivity contribution in [2.24, 2.45) is 0 Å². The summed E-state index contributed by atoms with van der Waals surface area (Å²) in [6.45, 7) is 4.48. The van der Waals surface area contributed by atoms with E-state index in [1.165, 1.54) is 57.0 Å². The van der Waals surface area contributed by atoms with Crippen molar-refractivity contribution >= 4 is 10.8 Å². The highest BCUT2D eigenvalue weighted by Crippen LogP contribution is 2.55. The van der Waals surface area contributed by atoms with Gasteiger partial charge in [0.15, 0.2) is 0 Å². The average Bonchev–Trinajstić information content (AvgIpc) is 2.88. The van der Waals surface area contributed by atoms with Crippen molar-refractivity contribution in [3.8, 4) is 11.1 Å². The summed E-state index contributed by atoms with van der Waals surface area (Å²) in [4.78, 5) is 0. The van der Waals surface area contributed by atoms with Gasteiger partial charge in [-0.15, -0.1) is 0 Å². The molecule has 0 saturated carbocycles. The smallest absolute Gasteiger partial charge is 0.0397 e. The van der Waals surface area contributed by atoms with Gasteiger partial charge in [0.25, 0.3) is 0 Å². The fraction of sp³-hybridized carbons (Fsp3) is 0.231. The maximum Gasteiger partial charge on any atom is 0.0397 e. The van der Waals surface area contributed by atoms with Gasteiger partial charge in [-0.25, -0.2) is 0 Å². The molecule has 128 valence electrons. The van der Waals surface area contributed by atoms with Crippen molar-refractivity contribution < 1.29 is 0 Å². The zero-order valence-corrected chi connectivity index (χ0v) is 15.5. The fourth-order valence-electron chi connectivity index (χ4n) is 5.01. The van der Waals surface area contributed by atoms with Gasteiger partial charge >= 0.3 is 0 Å². The Kier molecular flexibility index (Phi) is 3.43. The maximum atomic E-state index is 2.46. The summed E-state index contributed by atoms with van der Waals surface area (Å²) >= 11 is 0. The molecule has 1 unspecified atom stereocenters. The average molecular weight is 336 g/mol. The summed E-state index contributed by atoms with van der Waals surface area (Å²) in [5.41, 5.74) is 8.62. The number of hydrogen-bond donors (Lipinski definition) is 0. The lowest BCUT2D eigenvalue weighted by Crippen LogP contribution is -2.23. The summed E-state index contributed by atoms with van der Waals surface area (Å²) in [7, 11) is 0. The molecular weight excluding hydrogens is 312 g/mol. The Hall–Kier alpha value is -2.60. The van der Waals surface area contributed by atoms with Crippen LogP contribution in [0, 0.1) is 13.8 Å². The molecule has 1 atom stereocenters. The van der Waals surface area contributed by atoms with Crippen LogP contribution in [0.4, 0.5) is 0 Å². The summed E-state index contributed by atoms with van der Waals surface area (Å²) < 4.78 is 0. The van der Waals surface area contributed by atoms with Gasteiger partial charge in [-0.1, -0.05) is 78.4 Å². The SMILES string of the molecule is Cc1ccc2c(c1)C1(/C=C\C=C/CCC1)c1cc(C)c3ccccc3c1-2. The van der Waals surface area contributed by atoms with Crippen molar-refractivity contribution in [3.63, 3.8) is 0 Å². The van der Waals surface area contributed by atoms with Crippen molar-refractivity contribution in [1.29, 1.82) is 0 Å². The number of hydrogen-bond acceptors (Lipinski definition) is 0. The van der Waals surface area contributed by atoms with E-state index in [1.807, 2.05) is 0 Å². The largest absolute Gasteiger partial charge is 0.0845 e. The molecule has 2 aliphatic rings. The quantitative estimate of drug-likeness (QED) is 0.414. The number of fused-ring (bicyclic) bond motifs is 7. The van der Waals surface area contributed by atoms with Crippen LogP contribution in [-0.4, -0.2) is 0 Å². The van der Waals surface area contributed by atoms with E-state index >= 15 is 0 Å². The molecule has 26 heavy (non-hydrogen) atoms. The molecule has 0 amide bonds. The van der Waals surface area contributed by atoms with Crippen LogP contribution in [0.5, 0.6) is 0 Å². The lowest BCUT2D eigenvalue weighted by Gasteiger charge is -2.30. The van der Waals surface area contributed by atoms with E-state index in [-0.39, 0.29) is 5.41 Å². The molecule has 3 aromatic rings. The van der Waals surface area contributed by atoms with Gasteiger partial charge in [-0.3, -0.25) is 0 Å². The van der Waals surface area contributed by atoms with Gasteiger partial charge in [0.05, 0.1) is 0 Å². The zero-order valence-electron chi connectivity index (χ0n) is 15.5. The molecule has 2 aliphatic carbocycles. The third kappa shape index (κ3) is 2.08. The molecular formula is C26H24. The Morgan fingerprint density at radius 1 is 0.846 bits per heavy atom. The van der Waals surface area contributed by atoms with Crippen LogP contribution >= 0.6 is 0 Å². The van der Waals surface area contributed by atoms with Crippen LogP contribution < -0.4 is 0 Å². The highest BCUT2D eigenvalue weighted by atomic mass is 14.4. The molecule has 0 fully saturated rings. The summed E-state index contributed by atoms with van der Waals surface area (Å²) in [6.07, 6.45) is 12.8. The van der Waals surface area contributed by atoms with E-state index in [0.29, 0.717) is 0 Å². The van der Waals surface area contributed by atoms with Gasteiger partial charge in [0.2, 0.25) is 0 Å². The molecule has 0 heteroatoms. The molecule has 0 N–H and O–H groups in total. The predicted molar refractivity (Wildman–Crippen MR) is 112 cm³/mol. The van der Waals surface area contributed by atoms with E-state index in [1.54, 1.807) is 0 Å². The number of aryl methyl sites for hydroxylation is 2. The number of allylic oxidation sites excluding steroid dienone is 4. The van der Waals surface area contributed by atoms with Crippen LogP contribution in [0.2, 0.25) is 0 Å². The van der Waals surface area contributed by atoms with E-state index in [0.717, 1.165) is 6.42 Å². The second kappa shape index (κ2) is 5.71. The summed E-state index contributed by atoms with van der Waals surface area (Å²) in [5.74, 6) is 0. The van der Waals surface area contributed by atoms with E-state index in [9.17, 15) is 0 Å². The molecule has 0 aromatic heterocycles. The third-order valence-corrected chi connectivity index (χ3v) is 6.23. The predicted octanol–water partition coefficient (Wildman–Crippen LogP) is 7.02. The van der Waals surface area contributed by atoms with Crippen LogP contribution in [-0.2, 0) is 5.41 Å². The first-order chi connectivity index (χ1) is 12.7. The topological polar surface area (TPSA) is 0 Å². The first-order valence-corrected chi connectivity index (χ1v) is 9.69. The Morgan fingerprint density at radius 2 is 1.69 bits per heavy atom. The zero-order chi connectivity index (χ0) is 17.7. The minimum absolute atomic E-state index is 0.0102. The Labute approximate surface area is 155 Å². The summed E-state index contributed by atoms with van der Waals surface area (Å²) in [5, 5.41) is 2.78. The second-order valence-corrected chi connectivity index (χ2v) is 7.86. The highest BCUT2D eigenvalue weighted by Gasteiger charge is 2.41. The molecule has 3 aromatic carbocycles. The van der Waals surface area contributed by atoms with Gasteiger partial charge < -0.3 is 0 Å². The van der Waals surface area contributed by atoms with Crippen LogP contribution in [0.3, 0.4) is 0 Å². The van der Waals surface area contributed by atoms with Gasteiger partial charge in [0.1, 0.15) is 0 Å². The van der Waals surface area contributed by atoms with Crippen molar-refractivity contribution in [3.05, 3.63) is 95.1 Å². The number of benzene rings is 3. The van der Waals surface area contributed by atoms with Crippen molar-refractivity contribution in [2.75, 3.05) is 0 Å². The standard InChI is InChI=1S/C26H24/c1-18-12-13-22-23(16-18)26(14-8-4-3-5-9-15-26)24-17-19(2)20-10-6-7-11-21(20)25(22)24/h3-4,6-8,10-14,16-17H,5,9,15H2,1-2H3/b4-3-,14-8-. The van der Waals surface area contributed by atoms with Crippen LogP contribution in [0.1, 0.15) is 41.5 Å². The maximum absolute atomic E-state index is 2.46. The second-order valence-electron chi connectivity index (χ2n) is 7.86. The lowest BCUT2D eigenvalue weighted by molar-refractivity contribution is 0.563. The first-order valence-electron chi connectivity index (χ1n) is 9.69. The molecule has 0 heterocycles. The monoisotopic (exact) mass is 336 g/mol. The Bertz CT molecular complexity index is 1080. The fourth-order valence-corrected chi connectivity index (χ4v) is 5.01. The van der Waals surface area contributed by atoms with Gasteiger partial charge in [-0.05, 0) is 71.7 Å². The number of rotatable bonds is 0. The van der Waals surface area contributed by atoms with Gasteiger partial charge in [-0.2, -0.15) is 0 Å². The van der Waals surface area contributed by atoms with E-state index in [4.69, 9.17) is 0 Å². The minimum atomic E-state index is 0.0102. The third-order valence-electron chi connectivity index (χ3n) is 6.23. The molecule has 0 aliphatic heterocycles. The molecule has 5 rings (SSSR count). The van der Waals surface area contributed by atoms with E-state index in [2.05, 4.69) is 86.7 Å². The molecule has 0 saturated heterocycles. The van der Waals surface area contributed by atoms with Crippen LogP contribution in [0.15, 0.2) is 72.8 Å². The Morgan fingerprint density at radius 3 is 2.58 bits per heavy atom. The van der Waals surface area contributed by atoms with E-state index < -0.39 is 0 Å². The first kappa shape index (κ1) is 15.6. The highest BCUT2D eigenvalue weighted by molar-refractivity contribution is 6.04. The van der Waals surface area contributed by atoms with Crippen LogP contribution in [0.25, 0.3) is 21.9 Å². The Balaban J connectivity index is 1.94. The van der Waals surface area contributed by atoms with Gasteiger partial charge in [0, 0.05) is 5.41 Å². The normalized spacial score (nSPS) is 23.3. The lowest BCUT2D eigenvalue weighted by atomic mass is 9.72. The minimum Gasteiger partial charge on any atom is -0.0845 e. The molecule has 0 radical (unpaired) electrons.